The van der Waals surface area contributed by atoms with E-state index in [1.54, 1.807) is 30.0 Å². The third-order valence-corrected chi connectivity index (χ3v) is 4.84. The van der Waals surface area contributed by atoms with Gasteiger partial charge in [0, 0.05) is 17.5 Å². The number of nitrogens with zero attached hydrogens (tertiary/aromatic N) is 2. The van der Waals surface area contributed by atoms with Gasteiger partial charge in [0.15, 0.2) is 0 Å². The van der Waals surface area contributed by atoms with Crippen molar-refractivity contribution in [2.75, 3.05) is 17.2 Å². The number of carbonyl (C=O) groups is 1. The van der Waals surface area contributed by atoms with Crippen molar-refractivity contribution in [1.82, 2.24) is 0 Å². The van der Waals surface area contributed by atoms with E-state index >= 15 is 0 Å². The van der Waals surface area contributed by atoms with E-state index in [0.717, 1.165) is 28.3 Å². The van der Waals surface area contributed by atoms with Gasteiger partial charge in [0.1, 0.15) is 0 Å². The molecule has 0 saturated carbocycles. The van der Waals surface area contributed by atoms with Crippen LogP contribution in [0, 0.1) is 11.3 Å². The molecule has 1 aliphatic rings. The van der Waals surface area contributed by atoms with E-state index in [2.05, 4.69) is 12.1 Å². The first kappa shape index (κ1) is 15.4. The van der Waals surface area contributed by atoms with Gasteiger partial charge in [-0.25, -0.2) is 0 Å². The first-order chi connectivity index (χ1) is 11.3. The first-order valence-corrected chi connectivity index (χ1v) is 8.48. The van der Waals surface area contributed by atoms with Gasteiger partial charge in [-0.3, -0.25) is 4.79 Å². The Morgan fingerprint density at radius 2 is 1.96 bits per heavy atom. The Bertz CT molecular complexity index is 792. The Labute approximate surface area is 140 Å². The number of rotatable bonds is 2. The number of nitriles is 1. The fraction of sp³-hybridized carbons (Fsp3) is 0.158. The first-order valence-electron chi connectivity index (χ1n) is 7.50. The maximum Gasteiger partial charge on any atom is 0.251 e. The predicted octanol–water partition coefficient (Wildman–Crippen LogP) is 4.10. The Hall–Kier alpha value is -2.51. The number of thioether (sulfide) groups is 1. The highest BCUT2D eigenvalue weighted by Gasteiger charge is 2.19. The van der Waals surface area contributed by atoms with Gasteiger partial charge in [0.05, 0.1) is 17.3 Å². The smallest absolute Gasteiger partial charge is 0.251 e. The summed E-state index contributed by atoms with van der Waals surface area (Å²) >= 11 is 1.79. The number of benzene rings is 2. The molecule has 23 heavy (non-hydrogen) atoms. The Balaban J connectivity index is 1.86. The molecule has 0 atom stereocenters. The van der Waals surface area contributed by atoms with Gasteiger partial charge in [-0.05, 0) is 42.0 Å². The molecule has 3 nitrogen and oxygen atoms in total. The largest absolute Gasteiger partial charge is 0.308 e. The SMILES string of the molecule is N#Cc1ccccc1C=CC(=O)N1CCCSc2ccccc21. The zero-order valence-corrected chi connectivity index (χ0v) is 13.4. The van der Waals surface area contributed by atoms with Crippen LogP contribution in [0.2, 0.25) is 0 Å². The van der Waals surface area contributed by atoms with E-state index in [1.807, 2.05) is 41.3 Å². The highest BCUT2D eigenvalue weighted by atomic mass is 32.2. The summed E-state index contributed by atoms with van der Waals surface area (Å²) in [6.07, 6.45) is 4.25. The van der Waals surface area contributed by atoms with Gasteiger partial charge in [0.2, 0.25) is 0 Å². The van der Waals surface area contributed by atoms with Crippen molar-refractivity contribution >= 4 is 29.4 Å². The van der Waals surface area contributed by atoms with Crippen LogP contribution >= 0.6 is 11.8 Å². The van der Waals surface area contributed by atoms with Crippen molar-refractivity contribution in [2.45, 2.75) is 11.3 Å². The number of fused-ring (bicyclic) bond motifs is 1. The Morgan fingerprint density at radius 1 is 1.17 bits per heavy atom. The van der Waals surface area contributed by atoms with Gasteiger partial charge in [-0.2, -0.15) is 5.26 Å². The van der Waals surface area contributed by atoms with Crippen molar-refractivity contribution in [1.29, 1.82) is 5.26 Å². The van der Waals surface area contributed by atoms with E-state index in [1.165, 1.54) is 0 Å². The van der Waals surface area contributed by atoms with Crippen LogP contribution in [0.1, 0.15) is 17.5 Å². The maximum absolute atomic E-state index is 12.6. The summed E-state index contributed by atoms with van der Waals surface area (Å²) in [5, 5.41) is 9.12. The highest BCUT2D eigenvalue weighted by molar-refractivity contribution is 7.99. The molecule has 0 aliphatic carbocycles. The summed E-state index contributed by atoms with van der Waals surface area (Å²) in [6, 6.07) is 17.4. The third kappa shape index (κ3) is 3.46. The van der Waals surface area contributed by atoms with E-state index in [4.69, 9.17) is 5.26 Å². The minimum absolute atomic E-state index is 0.0484. The van der Waals surface area contributed by atoms with E-state index in [9.17, 15) is 4.79 Å². The minimum Gasteiger partial charge on any atom is -0.308 e. The summed E-state index contributed by atoms with van der Waals surface area (Å²) in [5.74, 6) is 0.967. The molecule has 4 heteroatoms. The second kappa shape index (κ2) is 7.17. The number of hydrogen-bond acceptors (Lipinski definition) is 3. The molecule has 0 N–H and O–H groups in total. The lowest BCUT2D eigenvalue weighted by atomic mass is 10.1. The lowest BCUT2D eigenvalue weighted by molar-refractivity contribution is -0.114. The monoisotopic (exact) mass is 320 g/mol. The van der Waals surface area contributed by atoms with Crippen LogP contribution in [-0.2, 0) is 4.79 Å². The van der Waals surface area contributed by atoms with Crippen LogP contribution in [0.5, 0.6) is 0 Å². The normalized spacial score (nSPS) is 14.1. The van der Waals surface area contributed by atoms with Crippen molar-refractivity contribution in [3.63, 3.8) is 0 Å². The molecule has 0 saturated heterocycles. The summed E-state index contributed by atoms with van der Waals surface area (Å²) in [7, 11) is 0. The van der Waals surface area contributed by atoms with E-state index in [-0.39, 0.29) is 5.91 Å². The molecule has 0 spiro atoms. The standard InChI is InChI=1S/C19H16N2OS/c20-14-16-7-2-1-6-15(16)10-11-19(22)21-12-5-13-23-18-9-4-3-8-17(18)21/h1-4,6-11H,5,12-13H2. The lowest BCUT2D eigenvalue weighted by Crippen LogP contribution is -2.30. The van der Waals surface area contributed by atoms with Crippen LogP contribution in [0.3, 0.4) is 0 Å². The molecule has 0 radical (unpaired) electrons. The van der Waals surface area contributed by atoms with Crippen molar-refractivity contribution in [3.8, 4) is 6.07 Å². The summed E-state index contributed by atoms with van der Waals surface area (Å²) < 4.78 is 0. The van der Waals surface area contributed by atoms with Crippen LogP contribution in [0.25, 0.3) is 6.08 Å². The number of hydrogen-bond donors (Lipinski definition) is 0. The minimum atomic E-state index is -0.0484. The molecule has 3 rings (SSSR count). The van der Waals surface area contributed by atoms with Gasteiger partial charge < -0.3 is 4.90 Å². The molecule has 2 aromatic rings. The molecule has 114 valence electrons. The van der Waals surface area contributed by atoms with Gasteiger partial charge >= 0.3 is 0 Å². The van der Waals surface area contributed by atoms with Crippen LogP contribution < -0.4 is 4.90 Å². The van der Waals surface area contributed by atoms with E-state index < -0.39 is 0 Å². The summed E-state index contributed by atoms with van der Waals surface area (Å²) in [5.41, 5.74) is 2.31. The molecule has 0 fully saturated rings. The van der Waals surface area contributed by atoms with Crippen molar-refractivity contribution in [2.24, 2.45) is 0 Å². The topological polar surface area (TPSA) is 44.1 Å². The highest BCUT2D eigenvalue weighted by Crippen LogP contribution is 2.33. The number of amides is 1. The van der Waals surface area contributed by atoms with Gasteiger partial charge in [0.25, 0.3) is 5.91 Å². The van der Waals surface area contributed by atoms with Crippen LogP contribution in [0.15, 0.2) is 59.5 Å². The van der Waals surface area contributed by atoms with Crippen LogP contribution in [0.4, 0.5) is 5.69 Å². The fourth-order valence-corrected chi connectivity index (χ4v) is 3.55. The van der Waals surface area contributed by atoms with Gasteiger partial charge in [-0.1, -0.05) is 30.3 Å². The Kier molecular flexibility index (Phi) is 4.80. The zero-order chi connectivity index (χ0) is 16.1. The average Bonchev–Trinajstić information content (AvgIpc) is 2.82. The number of carbonyl (C=O) groups excluding carboxylic acids is 1. The molecule has 0 unspecified atom stereocenters. The predicted molar refractivity (Wildman–Crippen MR) is 94.3 cm³/mol. The van der Waals surface area contributed by atoms with Crippen molar-refractivity contribution < 1.29 is 4.79 Å². The molecule has 1 aliphatic heterocycles. The fourth-order valence-electron chi connectivity index (χ4n) is 2.55. The molecule has 2 aromatic carbocycles. The molecular formula is C19H16N2OS. The van der Waals surface area contributed by atoms with Crippen LogP contribution in [-0.4, -0.2) is 18.2 Å². The molecule has 1 amide bonds. The van der Waals surface area contributed by atoms with Gasteiger partial charge in [-0.15, -0.1) is 11.8 Å². The second-order valence-electron chi connectivity index (χ2n) is 5.19. The summed E-state index contributed by atoms with van der Waals surface area (Å²) in [4.78, 5) is 15.6. The number of para-hydroxylation sites is 1. The van der Waals surface area contributed by atoms with Crippen molar-refractivity contribution in [3.05, 3.63) is 65.7 Å². The number of anilines is 1. The molecular weight excluding hydrogens is 304 g/mol. The molecule has 1 heterocycles. The molecule has 0 bridgehead atoms. The zero-order valence-electron chi connectivity index (χ0n) is 12.6. The average molecular weight is 320 g/mol. The maximum atomic E-state index is 12.6. The quantitative estimate of drug-likeness (QED) is 0.783. The van der Waals surface area contributed by atoms with E-state index in [0.29, 0.717) is 12.1 Å². The summed E-state index contributed by atoms with van der Waals surface area (Å²) in [6.45, 7) is 0.715. The lowest BCUT2D eigenvalue weighted by Gasteiger charge is -2.20. The second-order valence-corrected chi connectivity index (χ2v) is 6.33. The third-order valence-electron chi connectivity index (χ3n) is 3.69. The molecule has 0 aromatic heterocycles. The Morgan fingerprint density at radius 3 is 2.83 bits per heavy atom.